The summed E-state index contributed by atoms with van der Waals surface area (Å²) >= 11 is 0. The smallest absolute Gasteiger partial charge is 0.265 e. The molecule has 0 aliphatic carbocycles. The molecular weight excluding hydrogens is 543 g/mol. The lowest BCUT2D eigenvalue weighted by molar-refractivity contribution is -0.121. The molecule has 2 aliphatic heterocycles. The Kier molecular flexibility index (Phi) is 8.70. The molecule has 2 heterocycles. The van der Waals surface area contributed by atoms with Crippen molar-refractivity contribution >= 4 is 47.2 Å². The SMILES string of the molecule is CN=C(NCCCN1C(=O)COc2ccccc21)NC1CCN(c2c(F)cccc2F)C1.I. The highest BCUT2D eigenvalue weighted by Crippen LogP contribution is 2.31. The van der Waals surface area contributed by atoms with E-state index in [1.54, 1.807) is 16.8 Å². The predicted molar refractivity (Wildman–Crippen MR) is 136 cm³/mol. The summed E-state index contributed by atoms with van der Waals surface area (Å²) in [6, 6.07) is 11.4. The lowest BCUT2D eigenvalue weighted by Crippen LogP contribution is -2.46. The van der Waals surface area contributed by atoms with E-state index in [2.05, 4.69) is 15.6 Å². The number of ether oxygens (including phenoxy) is 1. The van der Waals surface area contributed by atoms with E-state index in [1.807, 2.05) is 24.3 Å². The van der Waals surface area contributed by atoms with Gasteiger partial charge in [-0.05, 0) is 37.1 Å². The second-order valence-corrected chi connectivity index (χ2v) is 7.80. The zero-order valence-corrected chi connectivity index (χ0v) is 20.7. The Bertz CT molecular complexity index is 986. The van der Waals surface area contributed by atoms with Gasteiger partial charge in [0, 0.05) is 39.3 Å². The number of para-hydroxylation sites is 3. The molecule has 7 nitrogen and oxygen atoms in total. The molecule has 10 heteroatoms. The van der Waals surface area contributed by atoms with Gasteiger partial charge < -0.3 is 25.2 Å². The second-order valence-electron chi connectivity index (χ2n) is 7.80. The fourth-order valence-corrected chi connectivity index (χ4v) is 4.10. The maximum Gasteiger partial charge on any atom is 0.265 e. The molecule has 1 saturated heterocycles. The van der Waals surface area contributed by atoms with Crippen LogP contribution in [0.5, 0.6) is 5.75 Å². The maximum atomic E-state index is 14.1. The molecular formula is C23H28F2IN5O2. The Hall–Kier alpha value is -2.63. The highest BCUT2D eigenvalue weighted by atomic mass is 127. The van der Waals surface area contributed by atoms with E-state index in [9.17, 15) is 13.6 Å². The first-order chi connectivity index (χ1) is 15.6. The van der Waals surface area contributed by atoms with Crippen LogP contribution in [0.1, 0.15) is 12.8 Å². The average Bonchev–Trinajstić information content (AvgIpc) is 3.24. The number of hydrogen-bond donors (Lipinski definition) is 2. The molecule has 33 heavy (non-hydrogen) atoms. The van der Waals surface area contributed by atoms with Crippen LogP contribution in [-0.2, 0) is 4.79 Å². The standard InChI is InChI=1S/C23H27F2N5O2.HI/c1-26-23(28-16-10-13-29(14-16)22-17(24)6-4-7-18(22)25)27-11-5-12-30-19-8-2-3-9-20(19)32-15-21(30)31;/h2-4,6-9,16H,5,10-15H2,1H3,(H2,26,27,28);1H. The number of rotatable bonds is 6. The molecule has 0 aromatic heterocycles. The average molecular weight is 571 g/mol. The first-order valence-corrected chi connectivity index (χ1v) is 10.7. The second kappa shape index (κ2) is 11.5. The Balaban J connectivity index is 0.00000306. The number of benzene rings is 2. The first kappa shape index (κ1) is 25.0. The third kappa shape index (κ3) is 5.84. The number of nitrogens with one attached hydrogen (secondary N) is 2. The van der Waals surface area contributed by atoms with Crippen molar-refractivity contribution in [1.29, 1.82) is 0 Å². The van der Waals surface area contributed by atoms with Crippen LogP contribution in [0.4, 0.5) is 20.2 Å². The lowest BCUT2D eigenvalue weighted by atomic mass is 10.2. The van der Waals surface area contributed by atoms with E-state index in [0.717, 1.165) is 24.3 Å². The van der Waals surface area contributed by atoms with Gasteiger partial charge in [-0.25, -0.2) is 8.78 Å². The summed E-state index contributed by atoms with van der Waals surface area (Å²) in [5, 5.41) is 6.57. The van der Waals surface area contributed by atoms with Crippen molar-refractivity contribution in [2.45, 2.75) is 18.9 Å². The van der Waals surface area contributed by atoms with Crippen LogP contribution in [0.2, 0.25) is 0 Å². The molecule has 2 aromatic rings. The fraction of sp³-hybridized carbons (Fsp3) is 0.391. The minimum atomic E-state index is -0.549. The number of carbonyl (C=O) groups excluding carboxylic acids is 1. The van der Waals surface area contributed by atoms with Crippen molar-refractivity contribution in [1.82, 2.24) is 10.6 Å². The molecule has 0 saturated carbocycles. The third-order valence-electron chi connectivity index (χ3n) is 5.67. The van der Waals surface area contributed by atoms with Crippen LogP contribution < -0.4 is 25.2 Å². The van der Waals surface area contributed by atoms with Crippen LogP contribution in [-0.4, -0.2) is 57.7 Å². The molecule has 2 aliphatic rings. The van der Waals surface area contributed by atoms with E-state index < -0.39 is 11.6 Å². The van der Waals surface area contributed by atoms with E-state index in [1.165, 1.54) is 18.2 Å². The van der Waals surface area contributed by atoms with E-state index >= 15 is 0 Å². The lowest BCUT2D eigenvalue weighted by Gasteiger charge is -2.29. The topological polar surface area (TPSA) is 69.2 Å². The van der Waals surface area contributed by atoms with Crippen molar-refractivity contribution in [2.75, 3.05) is 49.6 Å². The molecule has 178 valence electrons. The molecule has 1 unspecified atom stereocenters. The van der Waals surface area contributed by atoms with Crippen molar-refractivity contribution in [3.8, 4) is 5.75 Å². The monoisotopic (exact) mass is 571 g/mol. The minimum absolute atomic E-state index is 0. The molecule has 1 amide bonds. The van der Waals surface area contributed by atoms with E-state index in [0.29, 0.717) is 32.1 Å². The zero-order valence-electron chi connectivity index (χ0n) is 18.4. The van der Waals surface area contributed by atoms with Gasteiger partial charge in [0.15, 0.2) is 12.6 Å². The van der Waals surface area contributed by atoms with Crippen LogP contribution >= 0.6 is 24.0 Å². The Morgan fingerprint density at radius 2 is 1.94 bits per heavy atom. The molecule has 2 N–H and O–H groups in total. The van der Waals surface area contributed by atoms with Gasteiger partial charge in [-0.2, -0.15) is 0 Å². The normalized spacial score (nSPS) is 17.8. The first-order valence-electron chi connectivity index (χ1n) is 10.7. The summed E-state index contributed by atoms with van der Waals surface area (Å²) in [4.78, 5) is 20.0. The summed E-state index contributed by atoms with van der Waals surface area (Å²) in [5.74, 6) is 0.187. The Labute approximate surface area is 209 Å². The van der Waals surface area contributed by atoms with Crippen molar-refractivity contribution in [2.24, 2.45) is 4.99 Å². The Morgan fingerprint density at radius 3 is 2.70 bits per heavy atom. The number of nitrogens with zero attached hydrogens (tertiary/aromatic N) is 3. The van der Waals surface area contributed by atoms with Gasteiger partial charge in [0.25, 0.3) is 5.91 Å². The van der Waals surface area contributed by atoms with E-state index in [-0.39, 0.29) is 48.2 Å². The third-order valence-corrected chi connectivity index (χ3v) is 5.67. The number of guanidine groups is 1. The molecule has 0 radical (unpaired) electrons. The predicted octanol–water partition coefficient (Wildman–Crippen LogP) is 3.14. The van der Waals surface area contributed by atoms with Crippen molar-refractivity contribution in [3.05, 3.63) is 54.1 Å². The summed E-state index contributed by atoms with van der Waals surface area (Å²) in [6.45, 7) is 2.27. The molecule has 1 atom stereocenters. The maximum absolute atomic E-state index is 14.1. The molecule has 0 bridgehead atoms. The van der Waals surface area contributed by atoms with Gasteiger partial charge in [-0.15, -0.1) is 24.0 Å². The van der Waals surface area contributed by atoms with Crippen LogP contribution in [0.25, 0.3) is 0 Å². The number of carbonyl (C=O) groups is 1. The van der Waals surface area contributed by atoms with Gasteiger partial charge >= 0.3 is 0 Å². The number of amides is 1. The highest BCUT2D eigenvalue weighted by molar-refractivity contribution is 14.0. The molecule has 1 fully saturated rings. The van der Waals surface area contributed by atoms with Gasteiger partial charge in [-0.3, -0.25) is 9.79 Å². The summed E-state index contributed by atoms with van der Waals surface area (Å²) in [7, 11) is 1.68. The van der Waals surface area contributed by atoms with Crippen molar-refractivity contribution in [3.63, 3.8) is 0 Å². The van der Waals surface area contributed by atoms with Crippen LogP contribution in [0.15, 0.2) is 47.5 Å². The van der Waals surface area contributed by atoms with Crippen LogP contribution in [0.3, 0.4) is 0 Å². The highest BCUT2D eigenvalue weighted by Gasteiger charge is 2.27. The number of halogens is 3. The van der Waals surface area contributed by atoms with Gasteiger partial charge in [0.05, 0.1) is 5.69 Å². The number of fused-ring (bicyclic) bond motifs is 1. The number of hydrogen-bond acceptors (Lipinski definition) is 4. The quantitative estimate of drug-likeness (QED) is 0.242. The van der Waals surface area contributed by atoms with E-state index in [4.69, 9.17) is 4.74 Å². The molecule has 2 aromatic carbocycles. The minimum Gasteiger partial charge on any atom is -0.482 e. The largest absolute Gasteiger partial charge is 0.482 e. The molecule has 4 rings (SSSR count). The zero-order chi connectivity index (χ0) is 22.5. The summed E-state index contributed by atoms with van der Waals surface area (Å²) < 4.78 is 33.6. The molecule has 0 spiro atoms. The number of aliphatic imine (C=N–C) groups is 1. The van der Waals surface area contributed by atoms with Gasteiger partial charge in [-0.1, -0.05) is 18.2 Å². The summed E-state index contributed by atoms with van der Waals surface area (Å²) in [6.07, 6.45) is 1.46. The summed E-state index contributed by atoms with van der Waals surface area (Å²) in [5.41, 5.74) is 0.813. The van der Waals surface area contributed by atoms with Gasteiger partial charge in [0.2, 0.25) is 0 Å². The Morgan fingerprint density at radius 1 is 1.18 bits per heavy atom. The van der Waals surface area contributed by atoms with Gasteiger partial charge in [0.1, 0.15) is 23.1 Å². The van der Waals surface area contributed by atoms with Crippen LogP contribution in [0, 0.1) is 11.6 Å². The van der Waals surface area contributed by atoms with Crippen molar-refractivity contribution < 1.29 is 18.3 Å². The number of anilines is 2. The fourth-order valence-electron chi connectivity index (χ4n) is 4.10.